The molecule has 0 spiro atoms. The van der Waals surface area contributed by atoms with Gasteiger partial charge in [-0.2, -0.15) is 0 Å². The van der Waals surface area contributed by atoms with Gasteiger partial charge >= 0.3 is 0 Å². The summed E-state index contributed by atoms with van der Waals surface area (Å²) in [6, 6.07) is 10.8. The highest BCUT2D eigenvalue weighted by molar-refractivity contribution is 7.19. The number of hydrogen-bond acceptors (Lipinski definition) is 5. The van der Waals surface area contributed by atoms with E-state index in [1.807, 2.05) is 23.6 Å². The Bertz CT molecular complexity index is 870. The van der Waals surface area contributed by atoms with Crippen molar-refractivity contribution in [2.75, 3.05) is 26.5 Å². The molecular formula is C19H21N3OS. The molecule has 4 nitrogen and oxygen atoms in total. The summed E-state index contributed by atoms with van der Waals surface area (Å²) in [7, 11) is 3.48. The lowest BCUT2D eigenvalue weighted by Crippen LogP contribution is -1.97. The largest absolute Gasteiger partial charge is 0.385 e. The van der Waals surface area contributed by atoms with Gasteiger partial charge in [0.15, 0.2) is 0 Å². The van der Waals surface area contributed by atoms with Gasteiger partial charge in [0.2, 0.25) is 0 Å². The van der Waals surface area contributed by atoms with Crippen LogP contribution in [0.1, 0.15) is 16.9 Å². The predicted octanol–water partition coefficient (Wildman–Crippen LogP) is 4.17. The van der Waals surface area contributed by atoms with Gasteiger partial charge in [-0.05, 0) is 42.0 Å². The first kappa shape index (κ1) is 16.6. The van der Waals surface area contributed by atoms with Gasteiger partial charge in [-0.1, -0.05) is 12.1 Å². The van der Waals surface area contributed by atoms with Gasteiger partial charge in [0.1, 0.15) is 5.82 Å². The molecule has 0 aliphatic carbocycles. The molecule has 0 aliphatic rings. The maximum Gasteiger partial charge on any atom is 0.132 e. The summed E-state index contributed by atoms with van der Waals surface area (Å²) in [5, 5.41) is 1.29. The lowest BCUT2D eigenvalue weighted by Gasteiger charge is -2.05. The highest BCUT2D eigenvalue weighted by Gasteiger charge is 2.07. The number of pyridine rings is 1. The summed E-state index contributed by atoms with van der Waals surface area (Å²) in [4.78, 5) is 9.72. The minimum Gasteiger partial charge on any atom is -0.385 e. The van der Waals surface area contributed by atoms with Gasteiger partial charge in [-0.25, -0.2) is 4.98 Å². The quantitative estimate of drug-likeness (QED) is 0.541. The highest BCUT2D eigenvalue weighted by Crippen LogP contribution is 2.31. The first-order valence-corrected chi connectivity index (χ1v) is 8.72. The van der Waals surface area contributed by atoms with Crippen LogP contribution >= 0.6 is 11.3 Å². The molecule has 0 radical (unpaired) electrons. The van der Waals surface area contributed by atoms with Crippen molar-refractivity contribution in [3.05, 3.63) is 47.0 Å². The van der Waals surface area contributed by atoms with Gasteiger partial charge in [-0.15, -0.1) is 11.3 Å². The van der Waals surface area contributed by atoms with E-state index in [0.29, 0.717) is 5.82 Å². The molecule has 1 aromatic carbocycles. The first-order valence-electron chi connectivity index (χ1n) is 7.90. The summed E-state index contributed by atoms with van der Waals surface area (Å²) in [6.45, 7) is 0.804. The number of thiophene rings is 1. The fourth-order valence-corrected chi connectivity index (χ4v) is 3.82. The van der Waals surface area contributed by atoms with Crippen LogP contribution in [0.4, 0.5) is 5.82 Å². The molecule has 124 valence electrons. The van der Waals surface area contributed by atoms with Crippen LogP contribution in [0.3, 0.4) is 0 Å². The predicted molar refractivity (Wildman–Crippen MR) is 103 cm³/mol. The van der Waals surface area contributed by atoms with Crippen molar-refractivity contribution in [3.8, 4) is 11.1 Å². The Hall–Kier alpha value is -2.24. The van der Waals surface area contributed by atoms with E-state index in [9.17, 15) is 0 Å². The average molecular weight is 339 g/mol. The molecule has 0 amide bonds. The number of nitrogen functional groups attached to an aromatic ring is 1. The van der Waals surface area contributed by atoms with E-state index >= 15 is 0 Å². The number of fused-ring (bicyclic) bond motifs is 1. The lowest BCUT2D eigenvalue weighted by atomic mass is 10.0. The Morgan fingerprint density at radius 1 is 1.25 bits per heavy atom. The molecule has 0 unspecified atom stereocenters. The van der Waals surface area contributed by atoms with Crippen LogP contribution in [0.5, 0.6) is 0 Å². The minimum atomic E-state index is 0.502. The molecule has 24 heavy (non-hydrogen) atoms. The van der Waals surface area contributed by atoms with Crippen LogP contribution in [0.2, 0.25) is 0 Å². The number of nitrogens with zero attached hydrogens (tertiary/aromatic N) is 2. The number of methoxy groups -OCH3 is 1. The molecule has 0 saturated carbocycles. The van der Waals surface area contributed by atoms with Crippen molar-refractivity contribution in [2.24, 2.45) is 4.99 Å². The van der Waals surface area contributed by atoms with Crippen molar-refractivity contribution in [2.45, 2.75) is 12.8 Å². The SMILES string of the molecule is CN=Cc1cc(-c2ccc3cc(CCCOC)sc3c2)cnc1N. The van der Waals surface area contributed by atoms with Gasteiger partial charge < -0.3 is 10.5 Å². The summed E-state index contributed by atoms with van der Waals surface area (Å²) in [6.07, 6.45) is 5.67. The fraction of sp³-hybridized carbons (Fsp3) is 0.263. The minimum absolute atomic E-state index is 0.502. The van der Waals surface area contributed by atoms with Crippen LogP contribution in [0.25, 0.3) is 21.2 Å². The Kier molecular flexibility index (Phi) is 5.23. The third-order valence-electron chi connectivity index (χ3n) is 3.89. The third kappa shape index (κ3) is 3.63. The van der Waals surface area contributed by atoms with Gasteiger partial charge in [0.05, 0.1) is 0 Å². The Morgan fingerprint density at radius 2 is 2.12 bits per heavy atom. The highest BCUT2D eigenvalue weighted by atomic mass is 32.1. The van der Waals surface area contributed by atoms with Crippen LogP contribution in [0, 0.1) is 0 Å². The lowest BCUT2D eigenvalue weighted by molar-refractivity contribution is 0.195. The topological polar surface area (TPSA) is 60.5 Å². The number of aliphatic imine (C=N–C) groups is 1. The summed E-state index contributed by atoms with van der Waals surface area (Å²) >= 11 is 1.85. The number of anilines is 1. The van der Waals surface area contributed by atoms with Crippen LogP contribution in [-0.2, 0) is 11.2 Å². The fourth-order valence-electron chi connectivity index (χ4n) is 2.67. The molecular weight excluding hydrogens is 318 g/mol. The molecule has 3 aromatic rings. The van der Waals surface area contributed by atoms with Crippen molar-refractivity contribution < 1.29 is 4.74 Å². The average Bonchev–Trinajstić information content (AvgIpc) is 2.99. The van der Waals surface area contributed by atoms with E-state index in [4.69, 9.17) is 10.5 Å². The van der Waals surface area contributed by atoms with Crippen molar-refractivity contribution in [1.29, 1.82) is 0 Å². The van der Waals surface area contributed by atoms with Crippen molar-refractivity contribution in [1.82, 2.24) is 4.98 Å². The van der Waals surface area contributed by atoms with Gasteiger partial charge in [0, 0.05) is 53.9 Å². The summed E-state index contributed by atoms with van der Waals surface area (Å²) in [5.74, 6) is 0.502. The summed E-state index contributed by atoms with van der Waals surface area (Å²) < 4.78 is 6.43. The monoisotopic (exact) mass is 339 g/mol. The molecule has 5 heteroatoms. The number of aromatic nitrogens is 1. The smallest absolute Gasteiger partial charge is 0.132 e. The van der Waals surface area contributed by atoms with Crippen LogP contribution in [0.15, 0.2) is 41.5 Å². The zero-order valence-electron chi connectivity index (χ0n) is 14.0. The third-order valence-corrected chi connectivity index (χ3v) is 5.05. The van der Waals surface area contributed by atoms with E-state index < -0.39 is 0 Å². The van der Waals surface area contributed by atoms with E-state index in [2.05, 4.69) is 34.2 Å². The number of nitrogens with two attached hydrogens (primary N) is 1. The second-order valence-electron chi connectivity index (χ2n) is 5.65. The van der Waals surface area contributed by atoms with Gasteiger partial charge in [-0.3, -0.25) is 4.99 Å². The molecule has 0 saturated heterocycles. The van der Waals surface area contributed by atoms with Crippen molar-refractivity contribution in [3.63, 3.8) is 0 Å². The maximum absolute atomic E-state index is 5.89. The molecule has 2 heterocycles. The number of rotatable bonds is 6. The van der Waals surface area contributed by atoms with Crippen molar-refractivity contribution >= 4 is 33.5 Å². The van der Waals surface area contributed by atoms with E-state index in [1.165, 1.54) is 15.0 Å². The zero-order chi connectivity index (χ0) is 16.9. The van der Waals surface area contributed by atoms with Crippen LogP contribution < -0.4 is 5.73 Å². The molecule has 2 N–H and O–H groups in total. The Morgan fingerprint density at radius 3 is 2.92 bits per heavy atom. The number of ether oxygens (including phenoxy) is 1. The Balaban J connectivity index is 1.91. The second-order valence-corrected chi connectivity index (χ2v) is 6.82. The molecule has 0 bridgehead atoms. The first-order chi connectivity index (χ1) is 11.7. The maximum atomic E-state index is 5.89. The van der Waals surface area contributed by atoms with E-state index in [0.717, 1.165) is 36.1 Å². The number of benzene rings is 1. The zero-order valence-corrected chi connectivity index (χ0v) is 14.8. The molecule has 0 aliphatic heterocycles. The molecule has 0 fully saturated rings. The van der Waals surface area contributed by atoms with Crippen LogP contribution in [-0.4, -0.2) is 32.0 Å². The number of hydrogen-bond donors (Lipinski definition) is 1. The van der Waals surface area contributed by atoms with E-state index in [1.54, 1.807) is 20.4 Å². The summed E-state index contributed by atoms with van der Waals surface area (Å²) in [5.41, 5.74) is 8.94. The molecule has 3 rings (SSSR count). The normalized spacial score (nSPS) is 11.6. The van der Waals surface area contributed by atoms with Gasteiger partial charge in [0.25, 0.3) is 0 Å². The standard InChI is InChI=1S/C19H21N3OS/c1-21-11-16-8-15(12-22-19(16)20)13-5-6-14-9-17(4-3-7-23-2)24-18(14)10-13/h5-6,8-12H,3-4,7H2,1-2H3,(H2,20,22). The second kappa shape index (κ2) is 7.55. The molecule has 0 atom stereocenters. The molecule has 2 aromatic heterocycles. The number of aryl methyl sites for hydroxylation is 1. The Labute approximate surface area is 146 Å². The van der Waals surface area contributed by atoms with E-state index in [-0.39, 0.29) is 0 Å².